The zero-order chi connectivity index (χ0) is 30.5. The van der Waals surface area contributed by atoms with E-state index in [0.29, 0.717) is 48.0 Å². The number of alkyl halides is 3. The Morgan fingerprint density at radius 3 is 2.60 bits per heavy atom. The Kier molecular flexibility index (Phi) is 7.35. The molecule has 0 radical (unpaired) electrons. The van der Waals surface area contributed by atoms with E-state index < -0.39 is 24.5 Å². The third-order valence-electron chi connectivity index (χ3n) is 8.74. The van der Waals surface area contributed by atoms with Crippen LogP contribution in [0.2, 0.25) is 0 Å². The smallest absolute Gasteiger partial charge is 0.343 e. The minimum Gasteiger partial charge on any atom is -0.343 e. The third-order valence-corrected chi connectivity index (χ3v) is 8.74. The number of halogens is 3. The van der Waals surface area contributed by atoms with Gasteiger partial charge in [0.15, 0.2) is 0 Å². The third kappa shape index (κ3) is 5.68. The number of H-pyrrole nitrogens is 2. The zero-order valence-corrected chi connectivity index (χ0v) is 23.8. The van der Waals surface area contributed by atoms with Crippen LogP contribution in [-0.2, 0) is 22.6 Å². The van der Waals surface area contributed by atoms with E-state index in [-0.39, 0.29) is 36.8 Å². The van der Waals surface area contributed by atoms with Crippen LogP contribution in [-0.4, -0.2) is 62.6 Å². The molecule has 2 amide bonds. The summed E-state index contributed by atoms with van der Waals surface area (Å²) >= 11 is 0. The Hall–Kier alpha value is -4.41. The molecule has 0 bridgehead atoms. The summed E-state index contributed by atoms with van der Waals surface area (Å²) in [4.78, 5) is 45.2. The van der Waals surface area contributed by atoms with Crippen LogP contribution in [0.15, 0.2) is 54.0 Å². The fourth-order valence-electron chi connectivity index (χ4n) is 6.57. The van der Waals surface area contributed by atoms with Crippen molar-refractivity contribution >= 4 is 39.2 Å². The second kappa shape index (κ2) is 11.0. The highest BCUT2D eigenvalue weighted by Gasteiger charge is 2.39. The van der Waals surface area contributed by atoms with Gasteiger partial charge in [0.2, 0.25) is 11.8 Å². The summed E-state index contributed by atoms with van der Waals surface area (Å²) in [6.07, 6.45) is -1.93. The number of para-hydroxylation sites is 1. The van der Waals surface area contributed by atoms with Crippen molar-refractivity contribution in [2.24, 2.45) is 5.92 Å². The predicted molar refractivity (Wildman–Crippen MR) is 157 cm³/mol. The highest BCUT2D eigenvalue weighted by Crippen LogP contribution is 2.36. The van der Waals surface area contributed by atoms with E-state index in [1.165, 1.54) is 0 Å². The highest BCUT2D eigenvalue weighted by molar-refractivity contribution is 5.94. The lowest BCUT2D eigenvalue weighted by Gasteiger charge is -2.33. The second-order valence-electron chi connectivity index (χ2n) is 11.7. The average molecular weight is 592 g/mol. The van der Waals surface area contributed by atoms with Crippen LogP contribution in [0.25, 0.3) is 27.4 Å². The first kappa shape index (κ1) is 28.7. The summed E-state index contributed by atoms with van der Waals surface area (Å²) in [7, 11) is 0. The molecule has 0 spiro atoms. The summed E-state index contributed by atoms with van der Waals surface area (Å²) in [5, 5.41) is 8.60. The van der Waals surface area contributed by atoms with Gasteiger partial charge in [-0.1, -0.05) is 24.8 Å². The lowest BCUT2D eigenvalue weighted by atomic mass is 9.88. The molecule has 2 aliphatic rings. The van der Waals surface area contributed by atoms with E-state index in [4.69, 9.17) is 0 Å². The number of allylic oxidation sites excluding steroid dienone is 1. The molecule has 1 atom stereocenters. The minimum absolute atomic E-state index is 0.0241. The van der Waals surface area contributed by atoms with Gasteiger partial charge in [0, 0.05) is 48.1 Å². The van der Waals surface area contributed by atoms with Crippen molar-refractivity contribution in [1.29, 1.82) is 0 Å². The number of rotatable bonds is 5. The number of fused-ring (bicyclic) bond motifs is 4. The number of amides is 2. The molecule has 2 aromatic carbocycles. The molecule has 0 saturated carbocycles. The number of piperidine rings is 1. The summed E-state index contributed by atoms with van der Waals surface area (Å²) < 4.78 is 40.8. The van der Waals surface area contributed by atoms with E-state index in [2.05, 4.69) is 21.8 Å². The van der Waals surface area contributed by atoms with Crippen molar-refractivity contribution in [3.05, 3.63) is 81.8 Å². The van der Waals surface area contributed by atoms with Crippen molar-refractivity contribution < 1.29 is 22.8 Å². The fourth-order valence-corrected chi connectivity index (χ4v) is 6.57. The van der Waals surface area contributed by atoms with Gasteiger partial charge in [-0.25, -0.2) is 0 Å². The van der Waals surface area contributed by atoms with Gasteiger partial charge < -0.3 is 14.8 Å². The Morgan fingerprint density at radius 2 is 1.88 bits per heavy atom. The van der Waals surface area contributed by atoms with E-state index >= 15 is 0 Å². The Labute approximate surface area is 245 Å². The van der Waals surface area contributed by atoms with E-state index in [1.807, 2.05) is 43.3 Å². The van der Waals surface area contributed by atoms with Crippen molar-refractivity contribution in [3.63, 3.8) is 0 Å². The summed E-state index contributed by atoms with van der Waals surface area (Å²) in [6, 6.07) is 11.3. The predicted octanol–water partition coefficient (Wildman–Crippen LogP) is 5.30. The van der Waals surface area contributed by atoms with Crippen molar-refractivity contribution in [3.8, 4) is 0 Å². The van der Waals surface area contributed by atoms with Gasteiger partial charge >= 0.3 is 6.18 Å². The zero-order valence-electron chi connectivity index (χ0n) is 23.8. The Bertz CT molecular complexity index is 1800. The number of carbonyl (C=O) groups excluding carboxylic acids is 2. The number of carbonyl (C=O) groups is 2. The van der Waals surface area contributed by atoms with Gasteiger partial charge in [-0.2, -0.15) is 18.3 Å². The van der Waals surface area contributed by atoms with E-state index in [1.54, 1.807) is 11.1 Å². The molecule has 11 heteroatoms. The molecule has 2 aromatic heterocycles. The second-order valence-corrected chi connectivity index (χ2v) is 11.7. The van der Waals surface area contributed by atoms with Gasteiger partial charge in [-0.15, -0.1) is 0 Å². The molecule has 1 unspecified atom stereocenters. The number of nitrogens with one attached hydrogen (secondary N) is 2. The first-order valence-corrected chi connectivity index (χ1v) is 14.4. The van der Waals surface area contributed by atoms with Crippen LogP contribution in [0.4, 0.5) is 13.2 Å². The number of pyridine rings is 1. The van der Waals surface area contributed by atoms with Crippen LogP contribution >= 0.6 is 0 Å². The SMILES string of the molecule is C=C(C)c1cc2c(c3cn[nH]c13)CN(CC(F)(F)F)C(=O)C(CC(=O)N1CCC(c3cc4ccccc4[nH]c3=O)CC1)C2. The quantitative estimate of drug-likeness (QED) is 0.329. The Balaban J connectivity index is 1.22. The average Bonchev–Trinajstić information content (AvgIpc) is 3.41. The highest BCUT2D eigenvalue weighted by atomic mass is 19.4. The molecule has 0 aliphatic carbocycles. The monoisotopic (exact) mass is 591 g/mol. The Morgan fingerprint density at radius 1 is 1.14 bits per heavy atom. The van der Waals surface area contributed by atoms with Gasteiger partial charge in [-0.3, -0.25) is 19.5 Å². The number of aromatic nitrogens is 3. The molecular weight excluding hydrogens is 559 g/mol. The largest absolute Gasteiger partial charge is 0.406 e. The maximum atomic E-state index is 13.6. The lowest BCUT2D eigenvalue weighted by Crippen LogP contribution is -2.44. The van der Waals surface area contributed by atoms with Crippen molar-refractivity contribution in [1.82, 2.24) is 25.0 Å². The van der Waals surface area contributed by atoms with Crippen molar-refractivity contribution in [2.75, 3.05) is 19.6 Å². The van der Waals surface area contributed by atoms with Crippen LogP contribution in [0.3, 0.4) is 0 Å². The molecule has 6 rings (SSSR count). The molecule has 43 heavy (non-hydrogen) atoms. The molecule has 4 heterocycles. The molecule has 2 aliphatic heterocycles. The number of aromatic amines is 2. The van der Waals surface area contributed by atoms with Crippen LogP contribution < -0.4 is 5.56 Å². The molecule has 8 nitrogen and oxygen atoms in total. The number of nitrogens with zero attached hydrogens (tertiary/aromatic N) is 3. The molecule has 224 valence electrons. The number of hydrogen-bond donors (Lipinski definition) is 2. The molecule has 2 N–H and O–H groups in total. The normalized spacial score (nSPS) is 18.2. The maximum absolute atomic E-state index is 13.6. The van der Waals surface area contributed by atoms with Crippen LogP contribution in [0, 0.1) is 5.92 Å². The fraction of sp³-hybridized carbons (Fsp3) is 0.375. The summed E-state index contributed by atoms with van der Waals surface area (Å²) in [5.41, 5.74) is 4.81. The first-order chi connectivity index (χ1) is 20.5. The molecule has 1 fully saturated rings. The maximum Gasteiger partial charge on any atom is 0.406 e. The van der Waals surface area contributed by atoms with Crippen molar-refractivity contribution in [2.45, 2.75) is 51.2 Å². The number of hydrogen-bond acceptors (Lipinski definition) is 4. The summed E-state index contributed by atoms with van der Waals surface area (Å²) in [5.74, 6) is -1.93. The first-order valence-electron chi connectivity index (χ1n) is 14.4. The standard InChI is InChI=1S/C32H32F3N5O3/c1-18(2)23-13-21-11-22(31(43)40(17-32(33,34)35)16-26(21)25-15-36-38-29(23)25)14-28(41)39-9-7-19(8-10-39)24-12-20-5-3-4-6-27(20)37-30(24)42/h3-6,12-13,15,19,22H,1,7-11,14,16-17H2,2H3,(H,36,38)(H,37,42). The minimum atomic E-state index is -4.59. The number of benzene rings is 2. The van der Waals surface area contributed by atoms with E-state index in [0.717, 1.165) is 32.5 Å². The van der Waals surface area contributed by atoms with Gasteiger partial charge in [0.05, 0.1) is 17.6 Å². The topological polar surface area (TPSA) is 102 Å². The molecule has 4 aromatic rings. The lowest BCUT2D eigenvalue weighted by molar-refractivity contribution is -0.165. The summed E-state index contributed by atoms with van der Waals surface area (Å²) in [6.45, 7) is 5.03. The molecule has 1 saturated heterocycles. The number of likely N-dealkylation sites (tertiary alicyclic amines) is 1. The van der Waals surface area contributed by atoms with Crippen LogP contribution in [0.1, 0.15) is 54.4 Å². The van der Waals surface area contributed by atoms with Gasteiger partial charge in [0.1, 0.15) is 6.54 Å². The van der Waals surface area contributed by atoms with Crippen LogP contribution in [0.5, 0.6) is 0 Å². The van der Waals surface area contributed by atoms with E-state index in [9.17, 15) is 27.6 Å². The van der Waals surface area contributed by atoms with Gasteiger partial charge in [-0.05, 0) is 72.4 Å². The molecular formula is C32H32F3N5O3. The van der Waals surface area contributed by atoms with Gasteiger partial charge in [0.25, 0.3) is 5.56 Å².